The summed E-state index contributed by atoms with van der Waals surface area (Å²) in [5.74, 6) is -0.0144. The maximum Gasteiger partial charge on any atom is 0.258 e. The maximum absolute atomic E-state index is 12.6. The predicted octanol–water partition coefficient (Wildman–Crippen LogP) is 3.23. The number of aliphatic hydroxyl groups excluding tert-OH is 1. The first-order valence-corrected chi connectivity index (χ1v) is 8.42. The highest BCUT2D eigenvalue weighted by molar-refractivity contribution is 6.05. The number of aryl methyl sites for hydroxylation is 1. The smallest absolute Gasteiger partial charge is 0.258 e. The molecule has 1 saturated heterocycles. The lowest BCUT2D eigenvalue weighted by molar-refractivity contribution is 0.0993. The summed E-state index contributed by atoms with van der Waals surface area (Å²) < 4.78 is 0. The van der Waals surface area contributed by atoms with E-state index in [-0.39, 0.29) is 12.0 Å². The zero-order valence-corrected chi connectivity index (χ0v) is 14.3. The molecule has 1 N–H and O–H groups in total. The molecule has 0 aliphatic carbocycles. The van der Waals surface area contributed by atoms with Crippen LogP contribution in [-0.4, -0.2) is 37.3 Å². The Hall–Kier alpha value is -2.33. The Morgan fingerprint density at radius 3 is 2.21 bits per heavy atom. The molecule has 3 rings (SSSR count). The number of aliphatic hydroxyl groups is 1. The van der Waals surface area contributed by atoms with Gasteiger partial charge in [0.2, 0.25) is 0 Å². The van der Waals surface area contributed by atoms with Crippen LogP contribution >= 0.6 is 0 Å². The molecule has 0 atom stereocenters. The van der Waals surface area contributed by atoms with Gasteiger partial charge < -0.3 is 14.9 Å². The van der Waals surface area contributed by atoms with E-state index >= 15 is 0 Å². The molecule has 0 radical (unpaired) electrons. The lowest BCUT2D eigenvalue weighted by atomic mass is 10.1. The maximum atomic E-state index is 12.6. The molecule has 24 heavy (non-hydrogen) atoms. The van der Waals surface area contributed by atoms with Crippen LogP contribution in [0.4, 0.5) is 11.4 Å². The van der Waals surface area contributed by atoms with E-state index in [4.69, 9.17) is 0 Å². The third-order valence-corrected chi connectivity index (χ3v) is 4.67. The molecular weight excluding hydrogens is 300 g/mol. The zero-order valence-electron chi connectivity index (χ0n) is 14.3. The van der Waals surface area contributed by atoms with Gasteiger partial charge in [-0.15, -0.1) is 0 Å². The third kappa shape index (κ3) is 3.60. The van der Waals surface area contributed by atoms with Gasteiger partial charge in [0.05, 0.1) is 6.10 Å². The second-order valence-electron chi connectivity index (χ2n) is 6.46. The third-order valence-electron chi connectivity index (χ3n) is 4.67. The van der Waals surface area contributed by atoms with Gasteiger partial charge in [-0.05, 0) is 56.2 Å². The average Bonchev–Trinajstić information content (AvgIpc) is 2.62. The Morgan fingerprint density at radius 2 is 1.62 bits per heavy atom. The largest absolute Gasteiger partial charge is 0.393 e. The van der Waals surface area contributed by atoms with Gasteiger partial charge in [0.1, 0.15) is 0 Å². The number of hydrogen-bond acceptors (Lipinski definition) is 3. The summed E-state index contributed by atoms with van der Waals surface area (Å²) in [6.45, 7) is 3.75. The van der Waals surface area contributed by atoms with Gasteiger partial charge in [-0.1, -0.05) is 17.7 Å². The fourth-order valence-electron chi connectivity index (χ4n) is 3.02. The number of piperidine rings is 1. The van der Waals surface area contributed by atoms with Gasteiger partial charge in [-0.3, -0.25) is 4.79 Å². The molecule has 0 bridgehead atoms. The number of nitrogens with zero attached hydrogens (tertiary/aromatic N) is 2. The fourth-order valence-corrected chi connectivity index (χ4v) is 3.02. The van der Waals surface area contributed by atoms with Gasteiger partial charge in [-0.25, -0.2) is 0 Å². The second kappa shape index (κ2) is 7.05. The molecule has 126 valence electrons. The number of rotatable bonds is 3. The van der Waals surface area contributed by atoms with Crippen molar-refractivity contribution in [3.05, 3.63) is 59.7 Å². The summed E-state index contributed by atoms with van der Waals surface area (Å²) in [5.41, 5.74) is 3.85. The van der Waals surface area contributed by atoms with E-state index in [1.165, 1.54) is 5.56 Å². The lowest BCUT2D eigenvalue weighted by Gasteiger charge is -2.31. The molecule has 1 aliphatic heterocycles. The monoisotopic (exact) mass is 324 g/mol. The molecule has 1 heterocycles. The highest BCUT2D eigenvalue weighted by Gasteiger charge is 2.18. The molecular formula is C20H24N2O2. The van der Waals surface area contributed by atoms with Gasteiger partial charge in [0.25, 0.3) is 5.91 Å². The van der Waals surface area contributed by atoms with Crippen molar-refractivity contribution in [2.75, 3.05) is 29.9 Å². The number of hydrogen-bond donors (Lipinski definition) is 1. The van der Waals surface area contributed by atoms with E-state index < -0.39 is 0 Å². The van der Waals surface area contributed by atoms with E-state index in [2.05, 4.69) is 4.90 Å². The van der Waals surface area contributed by atoms with Crippen LogP contribution in [0, 0.1) is 6.92 Å². The van der Waals surface area contributed by atoms with Crippen LogP contribution in [0.3, 0.4) is 0 Å². The molecule has 2 aromatic carbocycles. The van der Waals surface area contributed by atoms with Gasteiger partial charge in [0.15, 0.2) is 0 Å². The fraction of sp³-hybridized carbons (Fsp3) is 0.350. The van der Waals surface area contributed by atoms with Crippen LogP contribution in [0.1, 0.15) is 28.8 Å². The number of benzene rings is 2. The number of carbonyl (C=O) groups excluding carboxylic acids is 1. The molecule has 0 unspecified atom stereocenters. The van der Waals surface area contributed by atoms with Gasteiger partial charge in [-0.2, -0.15) is 0 Å². The van der Waals surface area contributed by atoms with E-state index in [0.717, 1.165) is 37.3 Å². The van der Waals surface area contributed by atoms with Crippen LogP contribution in [0.2, 0.25) is 0 Å². The van der Waals surface area contributed by atoms with Crippen molar-refractivity contribution in [3.63, 3.8) is 0 Å². The number of carbonyl (C=O) groups is 1. The zero-order chi connectivity index (χ0) is 17.1. The molecule has 4 nitrogen and oxygen atoms in total. The Kier molecular flexibility index (Phi) is 4.86. The summed E-state index contributed by atoms with van der Waals surface area (Å²) in [4.78, 5) is 16.6. The lowest BCUT2D eigenvalue weighted by Crippen LogP contribution is -2.35. The summed E-state index contributed by atoms with van der Waals surface area (Å²) in [6, 6.07) is 15.7. The molecule has 1 fully saturated rings. The topological polar surface area (TPSA) is 43.8 Å². The highest BCUT2D eigenvalue weighted by Crippen LogP contribution is 2.22. The molecule has 2 aromatic rings. The summed E-state index contributed by atoms with van der Waals surface area (Å²) in [5, 5.41) is 9.60. The standard InChI is InChI=1S/C20H24N2O2/c1-15-3-7-17(8-4-15)21(2)20(24)16-5-9-18(10-6-16)22-13-11-19(23)12-14-22/h3-10,19,23H,11-14H2,1-2H3. The predicted molar refractivity (Wildman–Crippen MR) is 97.8 cm³/mol. The Balaban J connectivity index is 1.70. The molecule has 1 amide bonds. The van der Waals surface area contributed by atoms with Gasteiger partial charge in [0, 0.05) is 37.1 Å². The van der Waals surface area contributed by atoms with Crippen LogP contribution in [0.25, 0.3) is 0 Å². The first kappa shape index (κ1) is 16.5. The first-order chi connectivity index (χ1) is 11.5. The minimum absolute atomic E-state index is 0.0144. The molecule has 1 aliphatic rings. The Labute approximate surface area is 143 Å². The average molecular weight is 324 g/mol. The molecule has 0 saturated carbocycles. The van der Waals surface area contributed by atoms with E-state index in [1.54, 1.807) is 11.9 Å². The minimum atomic E-state index is -0.176. The Bertz CT molecular complexity index is 687. The minimum Gasteiger partial charge on any atom is -0.393 e. The molecule has 0 spiro atoms. The van der Waals surface area contributed by atoms with Crippen molar-refractivity contribution >= 4 is 17.3 Å². The van der Waals surface area contributed by atoms with E-state index in [1.807, 2.05) is 55.5 Å². The van der Waals surface area contributed by atoms with E-state index in [9.17, 15) is 9.90 Å². The Morgan fingerprint density at radius 1 is 1.04 bits per heavy atom. The summed E-state index contributed by atoms with van der Waals surface area (Å²) >= 11 is 0. The number of anilines is 2. The van der Waals surface area contributed by atoms with Crippen molar-refractivity contribution in [3.8, 4) is 0 Å². The molecule has 4 heteroatoms. The summed E-state index contributed by atoms with van der Waals surface area (Å²) in [7, 11) is 1.80. The summed E-state index contributed by atoms with van der Waals surface area (Å²) in [6.07, 6.45) is 1.43. The van der Waals surface area contributed by atoms with Crippen LogP contribution < -0.4 is 9.80 Å². The van der Waals surface area contributed by atoms with Crippen LogP contribution in [0.15, 0.2) is 48.5 Å². The van der Waals surface area contributed by atoms with Gasteiger partial charge >= 0.3 is 0 Å². The van der Waals surface area contributed by atoms with Crippen molar-refractivity contribution in [2.45, 2.75) is 25.9 Å². The number of amides is 1. The SMILES string of the molecule is Cc1ccc(N(C)C(=O)c2ccc(N3CCC(O)CC3)cc2)cc1. The second-order valence-corrected chi connectivity index (χ2v) is 6.46. The highest BCUT2D eigenvalue weighted by atomic mass is 16.3. The van der Waals surface area contributed by atoms with Crippen LogP contribution in [0.5, 0.6) is 0 Å². The first-order valence-electron chi connectivity index (χ1n) is 8.42. The quantitative estimate of drug-likeness (QED) is 0.943. The van der Waals surface area contributed by atoms with Crippen molar-refractivity contribution in [1.82, 2.24) is 0 Å². The normalized spacial score (nSPS) is 15.4. The van der Waals surface area contributed by atoms with Crippen LogP contribution in [-0.2, 0) is 0 Å². The van der Waals surface area contributed by atoms with E-state index in [0.29, 0.717) is 5.56 Å². The molecule has 0 aromatic heterocycles. The van der Waals surface area contributed by atoms with Crippen molar-refractivity contribution in [2.24, 2.45) is 0 Å². The van der Waals surface area contributed by atoms with Crippen molar-refractivity contribution in [1.29, 1.82) is 0 Å². The van der Waals surface area contributed by atoms with Crippen molar-refractivity contribution < 1.29 is 9.90 Å².